The van der Waals surface area contributed by atoms with Gasteiger partial charge in [0, 0.05) is 12.1 Å². The minimum atomic E-state index is -0.402. The van der Waals surface area contributed by atoms with Crippen LogP contribution in [-0.4, -0.2) is 32.2 Å². The number of aliphatic imine (C=N–C) groups is 1. The molecule has 30 heavy (non-hydrogen) atoms. The van der Waals surface area contributed by atoms with Crippen molar-refractivity contribution in [1.29, 1.82) is 0 Å². The van der Waals surface area contributed by atoms with Crippen molar-refractivity contribution in [1.82, 2.24) is 10.6 Å². The van der Waals surface area contributed by atoms with E-state index >= 15 is 0 Å². The summed E-state index contributed by atoms with van der Waals surface area (Å²) in [6, 6.07) is 9.70. The normalized spacial score (nSPS) is 13.4. The summed E-state index contributed by atoms with van der Waals surface area (Å²) in [7, 11) is 1.36. The Bertz CT molecular complexity index is 862. The van der Waals surface area contributed by atoms with E-state index in [1.54, 1.807) is 13.0 Å². The third-order valence-electron chi connectivity index (χ3n) is 4.70. The van der Waals surface area contributed by atoms with Crippen molar-refractivity contribution in [2.45, 2.75) is 39.8 Å². The van der Waals surface area contributed by atoms with Crippen molar-refractivity contribution in [3.05, 3.63) is 53.0 Å². The molecule has 1 saturated carbocycles. The zero-order chi connectivity index (χ0) is 20.6. The topological polar surface area (TPSA) is 85.1 Å². The first-order valence-electron chi connectivity index (χ1n) is 10.0. The first-order valence-corrected chi connectivity index (χ1v) is 10.0. The molecule has 8 heteroatoms. The lowest BCUT2D eigenvalue weighted by molar-refractivity contribution is 0.0599. The van der Waals surface area contributed by atoms with Crippen molar-refractivity contribution in [2.75, 3.05) is 20.3 Å². The summed E-state index contributed by atoms with van der Waals surface area (Å²) in [6.07, 6.45) is 2.53. The van der Waals surface area contributed by atoms with Gasteiger partial charge in [-0.05, 0) is 44.7 Å². The Kier molecular flexibility index (Phi) is 9.48. The Labute approximate surface area is 194 Å². The van der Waals surface area contributed by atoms with Crippen LogP contribution in [-0.2, 0) is 17.8 Å². The average molecular weight is 527 g/mol. The molecule has 1 heterocycles. The third-order valence-corrected chi connectivity index (χ3v) is 4.70. The summed E-state index contributed by atoms with van der Waals surface area (Å²) >= 11 is 0. The van der Waals surface area contributed by atoms with E-state index in [-0.39, 0.29) is 24.0 Å². The molecule has 1 aliphatic carbocycles. The fourth-order valence-electron chi connectivity index (χ4n) is 2.89. The molecule has 0 amide bonds. The number of para-hydroxylation sites is 1. The van der Waals surface area contributed by atoms with Gasteiger partial charge >= 0.3 is 5.97 Å². The fraction of sp³-hybridized carbons (Fsp3) is 0.455. The predicted octanol–water partition coefficient (Wildman–Crippen LogP) is 4.04. The molecule has 2 N–H and O–H groups in total. The summed E-state index contributed by atoms with van der Waals surface area (Å²) in [4.78, 5) is 16.4. The van der Waals surface area contributed by atoms with Gasteiger partial charge in [-0.15, -0.1) is 24.0 Å². The van der Waals surface area contributed by atoms with Gasteiger partial charge < -0.3 is 24.5 Å². The Balaban J connectivity index is 0.00000320. The second-order valence-electron chi connectivity index (χ2n) is 7.08. The van der Waals surface area contributed by atoms with Crippen molar-refractivity contribution in [3.63, 3.8) is 0 Å². The van der Waals surface area contributed by atoms with Crippen LogP contribution in [0.15, 0.2) is 39.7 Å². The molecule has 3 rings (SSSR count). The van der Waals surface area contributed by atoms with Crippen LogP contribution < -0.4 is 15.4 Å². The largest absolute Gasteiger partial charge is 0.493 e. The Morgan fingerprint density at radius 1 is 1.27 bits per heavy atom. The van der Waals surface area contributed by atoms with Gasteiger partial charge in [-0.25, -0.2) is 9.79 Å². The van der Waals surface area contributed by atoms with Crippen LogP contribution in [0.1, 0.15) is 47.2 Å². The van der Waals surface area contributed by atoms with Gasteiger partial charge in [0.2, 0.25) is 0 Å². The van der Waals surface area contributed by atoms with Crippen LogP contribution in [0.5, 0.6) is 5.75 Å². The summed E-state index contributed by atoms with van der Waals surface area (Å²) in [5, 5.41) is 6.46. The summed E-state index contributed by atoms with van der Waals surface area (Å²) in [5.41, 5.74) is 1.49. The molecule has 0 spiro atoms. The number of halogens is 1. The van der Waals surface area contributed by atoms with E-state index in [9.17, 15) is 4.79 Å². The molecule has 0 aliphatic heterocycles. The molecular formula is C22H30IN3O4. The number of nitrogens with zero attached hydrogens (tertiary/aromatic N) is 1. The average Bonchev–Trinajstić information content (AvgIpc) is 3.49. The molecule has 2 aromatic rings. The van der Waals surface area contributed by atoms with E-state index in [4.69, 9.17) is 13.9 Å². The smallest absolute Gasteiger partial charge is 0.341 e. The minimum Gasteiger partial charge on any atom is -0.493 e. The molecule has 1 fully saturated rings. The van der Waals surface area contributed by atoms with Crippen LogP contribution >= 0.6 is 24.0 Å². The second-order valence-corrected chi connectivity index (χ2v) is 7.08. The number of methoxy groups -OCH3 is 1. The number of hydrogen-bond acceptors (Lipinski definition) is 5. The molecule has 164 valence electrons. The van der Waals surface area contributed by atoms with E-state index in [0.29, 0.717) is 42.1 Å². The van der Waals surface area contributed by atoms with Gasteiger partial charge in [0.25, 0.3) is 0 Å². The monoisotopic (exact) mass is 527 g/mol. The highest BCUT2D eigenvalue weighted by atomic mass is 127. The Morgan fingerprint density at radius 2 is 2.03 bits per heavy atom. The zero-order valence-corrected chi connectivity index (χ0v) is 20.0. The van der Waals surface area contributed by atoms with Crippen LogP contribution in [0.25, 0.3) is 0 Å². The summed E-state index contributed by atoms with van der Waals surface area (Å²) < 4.78 is 16.4. The lowest BCUT2D eigenvalue weighted by Crippen LogP contribution is -2.36. The number of ether oxygens (including phenoxy) is 2. The second kappa shape index (κ2) is 11.8. The number of hydrogen-bond donors (Lipinski definition) is 2. The highest BCUT2D eigenvalue weighted by Gasteiger charge is 2.22. The highest BCUT2D eigenvalue weighted by Crippen LogP contribution is 2.30. The maximum atomic E-state index is 11.7. The van der Waals surface area contributed by atoms with Gasteiger partial charge in [0.05, 0.1) is 26.8 Å². The maximum Gasteiger partial charge on any atom is 0.341 e. The lowest BCUT2D eigenvalue weighted by Gasteiger charge is -2.12. The van der Waals surface area contributed by atoms with Crippen molar-refractivity contribution >= 4 is 35.9 Å². The van der Waals surface area contributed by atoms with E-state index < -0.39 is 5.97 Å². The number of benzene rings is 1. The van der Waals surface area contributed by atoms with Gasteiger partial charge in [0.15, 0.2) is 5.96 Å². The number of guanidine groups is 1. The van der Waals surface area contributed by atoms with E-state index in [0.717, 1.165) is 24.5 Å². The molecule has 0 unspecified atom stereocenters. The number of carbonyl (C=O) groups is 1. The molecule has 0 radical (unpaired) electrons. The fourth-order valence-corrected chi connectivity index (χ4v) is 2.89. The number of esters is 1. The SMILES string of the molecule is CCNC(=NCc1ccccc1OCC1CC1)NCc1cc(C(=O)OC)c(C)o1.I. The molecule has 1 aromatic carbocycles. The van der Waals surface area contributed by atoms with Gasteiger partial charge in [-0.1, -0.05) is 18.2 Å². The minimum absolute atomic E-state index is 0. The molecule has 7 nitrogen and oxygen atoms in total. The summed E-state index contributed by atoms with van der Waals surface area (Å²) in [6.45, 7) is 6.17. The van der Waals surface area contributed by atoms with Crippen LogP contribution in [0.3, 0.4) is 0 Å². The molecule has 0 bridgehead atoms. The van der Waals surface area contributed by atoms with Crippen LogP contribution in [0.4, 0.5) is 0 Å². The quantitative estimate of drug-likeness (QED) is 0.222. The first-order chi connectivity index (χ1) is 14.1. The maximum absolute atomic E-state index is 11.7. The predicted molar refractivity (Wildman–Crippen MR) is 127 cm³/mol. The van der Waals surface area contributed by atoms with Gasteiger partial charge in [0.1, 0.15) is 22.8 Å². The standard InChI is InChI=1S/C22H29N3O4.HI/c1-4-23-22(25-13-18-11-19(15(2)29-18)21(26)27-3)24-12-17-7-5-6-8-20(17)28-14-16-9-10-16;/h5-8,11,16H,4,9-10,12-14H2,1-3H3,(H2,23,24,25);1H. The molecular weight excluding hydrogens is 497 g/mol. The van der Waals surface area contributed by atoms with E-state index in [2.05, 4.69) is 15.6 Å². The number of furan rings is 1. The third kappa shape index (κ3) is 6.93. The molecule has 1 aromatic heterocycles. The number of aryl methyl sites for hydroxylation is 1. The Morgan fingerprint density at radius 3 is 2.73 bits per heavy atom. The van der Waals surface area contributed by atoms with Crippen LogP contribution in [0.2, 0.25) is 0 Å². The molecule has 0 atom stereocenters. The highest BCUT2D eigenvalue weighted by molar-refractivity contribution is 14.0. The van der Waals surface area contributed by atoms with Crippen LogP contribution in [0, 0.1) is 12.8 Å². The van der Waals surface area contributed by atoms with Crippen molar-refractivity contribution in [3.8, 4) is 5.75 Å². The zero-order valence-electron chi connectivity index (χ0n) is 17.7. The first kappa shape index (κ1) is 24.0. The number of rotatable bonds is 9. The van der Waals surface area contributed by atoms with E-state index in [1.807, 2.05) is 31.2 Å². The lowest BCUT2D eigenvalue weighted by atomic mass is 10.2. The molecule has 0 saturated heterocycles. The number of nitrogens with one attached hydrogen (secondary N) is 2. The molecule has 1 aliphatic rings. The Hall–Kier alpha value is -2.23. The van der Waals surface area contributed by atoms with Gasteiger partial charge in [-0.3, -0.25) is 0 Å². The summed E-state index contributed by atoms with van der Waals surface area (Å²) in [5.74, 6) is 3.04. The van der Waals surface area contributed by atoms with E-state index in [1.165, 1.54) is 20.0 Å². The van der Waals surface area contributed by atoms with Crippen molar-refractivity contribution in [2.24, 2.45) is 10.9 Å². The van der Waals surface area contributed by atoms with Gasteiger partial charge in [-0.2, -0.15) is 0 Å². The van der Waals surface area contributed by atoms with Crippen molar-refractivity contribution < 1.29 is 18.7 Å². The number of carbonyl (C=O) groups excluding carboxylic acids is 1.